The van der Waals surface area contributed by atoms with Crippen LogP contribution in [0.2, 0.25) is 0 Å². The lowest BCUT2D eigenvalue weighted by Crippen LogP contribution is -2.39. The van der Waals surface area contributed by atoms with E-state index in [0.29, 0.717) is 12.1 Å². The molecule has 0 amide bonds. The quantitative estimate of drug-likeness (QED) is 0.323. The van der Waals surface area contributed by atoms with E-state index in [0.717, 1.165) is 37.5 Å². The molecule has 0 heterocycles. The predicted octanol–water partition coefficient (Wildman–Crippen LogP) is 3.98. The molecule has 3 nitrogen and oxygen atoms in total. The third-order valence-corrected chi connectivity index (χ3v) is 3.18. The molecule has 0 bridgehead atoms. The van der Waals surface area contributed by atoms with Gasteiger partial charge in [-0.05, 0) is 24.6 Å². The first kappa shape index (κ1) is 22.6. The van der Waals surface area contributed by atoms with Crippen molar-refractivity contribution in [3.8, 4) is 11.8 Å². The van der Waals surface area contributed by atoms with Gasteiger partial charge in [-0.2, -0.15) is 13.2 Å². The average Bonchev–Trinajstić information content (AvgIpc) is 2.52. The van der Waals surface area contributed by atoms with Crippen LogP contribution in [0, 0.1) is 11.8 Å². The summed E-state index contributed by atoms with van der Waals surface area (Å²) >= 11 is 0. The van der Waals surface area contributed by atoms with Gasteiger partial charge < -0.3 is 10.2 Å². The molecule has 0 aliphatic carbocycles. The van der Waals surface area contributed by atoms with Crippen LogP contribution in [0.25, 0.3) is 0 Å². The summed E-state index contributed by atoms with van der Waals surface area (Å²) in [5.41, 5.74) is -0.344. The third kappa shape index (κ3) is 7.90. The highest BCUT2D eigenvalue weighted by atomic mass is 127. The van der Waals surface area contributed by atoms with Crippen molar-refractivity contribution in [3.05, 3.63) is 35.4 Å². The van der Waals surface area contributed by atoms with Crippen molar-refractivity contribution >= 4 is 29.9 Å². The number of alkyl halides is 3. The van der Waals surface area contributed by atoms with Gasteiger partial charge in [-0.15, -0.1) is 24.0 Å². The normalized spacial score (nSPS) is 11.2. The summed E-state index contributed by atoms with van der Waals surface area (Å²) in [6.07, 6.45) is -2.19. The average molecular weight is 453 g/mol. The SMILES string of the molecule is CCCCN(C)C(=NC)NCC#Cc1cccc(C(F)(F)F)c1.I. The van der Waals surface area contributed by atoms with Gasteiger partial charge in [-0.25, -0.2) is 0 Å². The lowest BCUT2D eigenvalue weighted by Gasteiger charge is -2.20. The number of hydrogen-bond acceptors (Lipinski definition) is 1. The van der Waals surface area contributed by atoms with Crippen LogP contribution >= 0.6 is 24.0 Å². The van der Waals surface area contributed by atoms with E-state index in [1.807, 2.05) is 11.9 Å². The van der Waals surface area contributed by atoms with Crippen LogP contribution in [-0.4, -0.2) is 38.0 Å². The summed E-state index contributed by atoms with van der Waals surface area (Å²) in [5, 5.41) is 3.07. The molecule has 0 spiro atoms. The molecule has 24 heavy (non-hydrogen) atoms. The first-order chi connectivity index (χ1) is 10.9. The molecule has 0 aromatic heterocycles. The van der Waals surface area contributed by atoms with Crippen LogP contribution in [-0.2, 0) is 6.18 Å². The van der Waals surface area contributed by atoms with Crippen molar-refractivity contribution in [1.29, 1.82) is 0 Å². The number of nitrogens with one attached hydrogen (secondary N) is 1. The summed E-state index contributed by atoms with van der Waals surface area (Å²) < 4.78 is 37.9. The summed E-state index contributed by atoms with van der Waals surface area (Å²) in [4.78, 5) is 6.14. The molecule has 0 aliphatic heterocycles. The fourth-order valence-corrected chi connectivity index (χ4v) is 1.93. The zero-order valence-corrected chi connectivity index (χ0v) is 16.4. The minimum absolute atomic E-state index is 0. The maximum Gasteiger partial charge on any atom is 0.416 e. The highest BCUT2D eigenvalue weighted by Crippen LogP contribution is 2.29. The maximum atomic E-state index is 12.6. The van der Waals surface area contributed by atoms with Gasteiger partial charge in [0.1, 0.15) is 0 Å². The van der Waals surface area contributed by atoms with Crippen LogP contribution in [0.15, 0.2) is 29.3 Å². The van der Waals surface area contributed by atoms with Crippen molar-refractivity contribution in [1.82, 2.24) is 10.2 Å². The molecule has 1 aromatic rings. The Morgan fingerprint density at radius 3 is 2.62 bits per heavy atom. The molecular weight excluding hydrogens is 430 g/mol. The number of unbranched alkanes of at least 4 members (excludes halogenated alkanes) is 1. The fourth-order valence-electron chi connectivity index (χ4n) is 1.93. The van der Waals surface area contributed by atoms with E-state index in [9.17, 15) is 13.2 Å². The van der Waals surface area contributed by atoms with Gasteiger partial charge in [0, 0.05) is 26.2 Å². The Morgan fingerprint density at radius 1 is 1.33 bits per heavy atom. The Kier molecular flexibility index (Phi) is 10.5. The Balaban J connectivity index is 0.00000529. The van der Waals surface area contributed by atoms with Gasteiger partial charge in [-0.1, -0.05) is 31.3 Å². The Hall–Kier alpha value is -1.43. The molecule has 0 fully saturated rings. The van der Waals surface area contributed by atoms with E-state index in [4.69, 9.17) is 0 Å². The van der Waals surface area contributed by atoms with Crippen LogP contribution in [0.1, 0.15) is 30.9 Å². The minimum atomic E-state index is -4.35. The molecule has 0 aliphatic rings. The highest BCUT2D eigenvalue weighted by molar-refractivity contribution is 14.0. The van der Waals surface area contributed by atoms with Crippen molar-refractivity contribution in [2.45, 2.75) is 25.9 Å². The van der Waals surface area contributed by atoms with Gasteiger partial charge >= 0.3 is 6.18 Å². The zero-order chi connectivity index (χ0) is 17.3. The first-order valence-corrected chi connectivity index (χ1v) is 7.46. The van der Waals surface area contributed by atoms with Gasteiger partial charge in [0.2, 0.25) is 0 Å². The minimum Gasteiger partial charge on any atom is -0.346 e. The molecule has 0 atom stereocenters. The molecule has 0 saturated carbocycles. The molecule has 1 rings (SSSR count). The number of nitrogens with zero attached hydrogens (tertiary/aromatic N) is 2. The van der Waals surface area contributed by atoms with Crippen LogP contribution < -0.4 is 5.32 Å². The number of halogens is 4. The molecule has 0 saturated heterocycles. The molecular formula is C17H23F3IN3. The third-order valence-electron chi connectivity index (χ3n) is 3.18. The van der Waals surface area contributed by atoms with Crippen molar-refractivity contribution in [2.75, 3.05) is 27.2 Å². The van der Waals surface area contributed by atoms with E-state index < -0.39 is 11.7 Å². The molecule has 0 radical (unpaired) electrons. The Bertz CT molecular complexity index is 589. The van der Waals surface area contributed by atoms with E-state index in [-0.39, 0.29) is 24.0 Å². The second kappa shape index (κ2) is 11.2. The van der Waals surface area contributed by atoms with Crippen LogP contribution in [0.5, 0.6) is 0 Å². The smallest absolute Gasteiger partial charge is 0.346 e. The number of aliphatic imine (C=N–C) groups is 1. The first-order valence-electron chi connectivity index (χ1n) is 7.46. The van der Waals surface area contributed by atoms with Crippen molar-refractivity contribution in [3.63, 3.8) is 0 Å². The van der Waals surface area contributed by atoms with Crippen LogP contribution in [0.3, 0.4) is 0 Å². The monoisotopic (exact) mass is 453 g/mol. The molecule has 0 unspecified atom stereocenters. The maximum absolute atomic E-state index is 12.6. The van der Waals surface area contributed by atoms with Crippen molar-refractivity contribution in [2.24, 2.45) is 4.99 Å². The molecule has 134 valence electrons. The van der Waals surface area contributed by atoms with E-state index in [1.54, 1.807) is 13.1 Å². The van der Waals surface area contributed by atoms with Gasteiger partial charge in [0.15, 0.2) is 5.96 Å². The van der Waals surface area contributed by atoms with E-state index in [2.05, 4.69) is 29.1 Å². The zero-order valence-electron chi connectivity index (χ0n) is 14.1. The second-order valence-corrected chi connectivity index (χ2v) is 5.06. The molecule has 7 heteroatoms. The molecule has 1 N–H and O–H groups in total. The Morgan fingerprint density at radius 2 is 2.04 bits per heavy atom. The standard InChI is InChI=1S/C17H22F3N3.HI/c1-4-5-12-23(3)16(21-2)22-11-7-9-14-8-6-10-15(13-14)17(18,19)20;/h6,8,10,13H,4-5,11-12H2,1-3H3,(H,21,22);1H. The van der Waals surface area contributed by atoms with Crippen LogP contribution in [0.4, 0.5) is 13.2 Å². The van der Waals surface area contributed by atoms with E-state index in [1.165, 1.54) is 6.07 Å². The van der Waals surface area contributed by atoms with Gasteiger partial charge in [0.05, 0.1) is 12.1 Å². The number of benzene rings is 1. The lowest BCUT2D eigenvalue weighted by atomic mass is 10.1. The predicted molar refractivity (Wildman–Crippen MR) is 103 cm³/mol. The lowest BCUT2D eigenvalue weighted by molar-refractivity contribution is -0.137. The largest absolute Gasteiger partial charge is 0.416 e. The van der Waals surface area contributed by atoms with Crippen molar-refractivity contribution < 1.29 is 13.2 Å². The van der Waals surface area contributed by atoms with Gasteiger partial charge in [-0.3, -0.25) is 4.99 Å². The summed E-state index contributed by atoms with van der Waals surface area (Å²) in [5.74, 6) is 6.27. The number of rotatable bonds is 4. The van der Waals surface area contributed by atoms with Gasteiger partial charge in [0.25, 0.3) is 0 Å². The fraction of sp³-hybridized carbons (Fsp3) is 0.471. The Labute approximate surface area is 158 Å². The summed E-state index contributed by atoms with van der Waals surface area (Å²) in [6.45, 7) is 3.32. The highest BCUT2D eigenvalue weighted by Gasteiger charge is 2.30. The van der Waals surface area contributed by atoms with E-state index >= 15 is 0 Å². The summed E-state index contributed by atoms with van der Waals surface area (Å²) in [7, 11) is 3.62. The second-order valence-electron chi connectivity index (χ2n) is 5.06. The number of guanidine groups is 1. The topological polar surface area (TPSA) is 27.6 Å². The number of hydrogen-bond donors (Lipinski definition) is 1. The molecule has 1 aromatic carbocycles. The summed E-state index contributed by atoms with van der Waals surface area (Å²) in [6, 6.07) is 5.01.